The number of nitrogens with zero attached hydrogens (tertiary/aromatic N) is 1. The van der Waals surface area contributed by atoms with Crippen LogP contribution in [0.3, 0.4) is 0 Å². The summed E-state index contributed by atoms with van der Waals surface area (Å²) in [5.41, 5.74) is -0.425. The Balaban J connectivity index is 1.67. The van der Waals surface area contributed by atoms with Crippen LogP contribution in [0.25, 0.3) is 0 Å². The van der Waals surface area contributed by atoms with Crippen LogP contribution in [0, 0.1) is 11.8 Å². The number of hydrogen-bond acceptors (Lipinski definition) is 4. The van der Waals surface area contributed by atoms with E-state index in [1.165, 1.54) is 45.2 Å². The van der Waals surface area contributed by atoms with Crippen LogP contribution in [0.1, 0.15) is 52.9 Å². The molecule has 5 nitrogen and oxygen atoms in total. The summed E-state index contributed by atoms with van der Waals surface area (Å²) in [7, 11) is 2.21. The van der Waals surface area contributed by atoms with Crippen molar-refractivity contribution in [2.45, 2.75) is 64.5 Å². The third-order valence-corrected chi connectivity index (χ3v) is 5.07. The minimum atomic E-state index is -0.425. The maximum Gasteiger partial charge on any atom is 0.407 e. The van der Waals surface area contributed by atoms with Crippen molar-refractivity contribution < 1.29 is 9.53 Å². The highest BCUT2D eigenvalue weighted by Crippen LogP contribution is 2.26. The molecule has 1 saturated carbocycles. The number of nitrogens with one attached hydrogen (secondary N) is 2. The zero-order valence-corrected chi connectivity index (χ0v) is 15.4. The number of piperidine rings is 1. The molecule has 2 rings (SSSR count). The normalized spacial score (nSPS) is 27.1. The number of likely N-dealkylation sites (tertiary alicyclic amines) is 1. The lowest BCUT2D eigenvalue weighted by Crippen LogP contribution is -2.43. The van der Waals surface area contributed by atoms with Crippen molar-refractivity contribution in [3.8, 4) is 0 Å². The summed E-state index contributed by atoms with van der Waals surface area (Å²) >= 11 is 0. The molecule has 1 heterocycles. The van der Waals surface area contributed by atoms with Gasteiger partial charge in [0.1, 0.15) is 5.60 Å². The smallest absolute Gasteiger partial charge is 0.407 e. The lowest BCUT2D eigenvalue weighted by Gasteiger charge is -2.31. The second-order valence-corrected chi connectivity index (χ2v) is 8.34. The zero-order chi connectivity index (χ0) is 16.9. The number of amides is 1. The Labute approximate surface area is 141 Å². The summed E-state index contributed by atoms with van der Waals surface area (Å²) in [5, 5.41) is 6.72. The van der Waals surface area contributed by atoms with Crippen LogP contribution >= 0.6 is 0 Å². The van der Waals surface area contributed by atoms with Gasteiger partial charge in [0.05, 0.1) is 0 Å². The molecule has 23 heavy (non-hydrogen) atoms. The maximum absolute atomic E-state index is 11.8. The van der Waals surface area contributed by atoms with Gasteiger partial charge in [0, 0.05) is 12.6 Å². The van der Waals surface area contributed by atoms with E-state index in [2.05, 4.69) is 22.6 Å². The van der Waals surface area contributed by atoms with Gasteiger partial charge in [-0.1, -0.05) is 6.42 Å². The lowest BCUT2D eigenvalue weighted by molar-refractivity contribution is 0.0517. The fraction of sp³-hybridized carbons (Fsp3) is 0.944. The Hall–Kier alpha value is -0.810. The van der Waals surface area contributed by atoms with Crippen molar-refractivity contribution in [2.24, 2.45) is 11.8 Å². The molecule has 1 aliphatic carbocycles. The average Bonchev–Trinajstić information content (AvgIpc) is 2.90. The topological polar surface area (TPSA) is 53.6 Å². The van der Waals surface area contributed by atoms with E-state index in [1.807, 2.05) is 20.8 Å². The Morgan fingerprint density at radius 2 is 1.83 bits per heavy atom. The number of ether oxygens (including phenoxy) is 1. The molecule has 2 fully saturated rings. The van der Waals surface area contributed by atoms with E-state index in [4.69, 9.17) is 4.74 Å². The van der Waals surface area contributed by atoms with Gasteiger partial charge < -0.3 is 20.3 Å². The molecule has 0 radical (unpaired) electrons. The van der Waals surface area contributed by atoms with Crippen LogP contribution in [0.5, 0.6) is 0 Å². The minimum absolute atomic E-state index is 0.293. The van der Waals surface area contributed by atoms with E-state index in [0.29, 0.717) is 12.0 Å². The summed E-state index contributed by atoms with van der Waals surface area (Å²) in [4.78, 5) is 14.2. The molecule has 0 spiro atoms. The van der Waals surface area contributed by atoms with Gasteiger partial charge in [0.15, 0.2) is 0 Å². The van der Waals surface area contributed by atoms with Gasteiger partial charge in [-0.05, 0) is 85.0 Å². The highest BCUT2D eigenvalue weighted by molar-refractivity contribution is 5.67. The van der Waals surface area contributed by atoms with E-state index in [9.17, 15) is 4.79 Å². The molecule has 0 bridgehead atoms. The highest BCUT2D eigenvalue weighted by Gasteiger charge is 2.29. The first-order chi connectivity index (χ1) is 10.8. The largest absolute Gasteiger partial charge is 0.444 e. The molecular formula is C18H35N3O2. The van der Waals surface area contributed by atoms with E-state index in [1.54, 1.807) is 0 Å². The molecule has 0 aromatic carbocycles. The number of carbonyl (C=O) groups excluding carboxylic acids is 1. The zero-order valence-electron chi connectivity index (χ0n) is 15.4. The number of carbonyl (C=O) groups is 1. The van der Waals surface area contributed by atoms with Crippen LogP contribution in [0.4, 0.5) is 4.79 Å². The molecule has 134 valence electrons. The number of hydrogen-bond donors (Lipinski definition) is 2. The molecule has 5 heteroatoms. The van der Waals surface area contributed by atoms with Crippen molar-refractivity contribution >= 4 is 6.09 Å². The number of rotatable bonds is 5. The Kier molecular flexibility index (Phi) is 6.72. The van der Waals surface area contributed by atoms with E-state index < -0.39 is 5.60 Å². The Morgan fingerprint density at radius 1 is 1.13 bits per heavy atom. The SMILES string of the molecule is CN1CCC(CNC2CCCC2CNC(=O)OC(C)(C)C)CC1. The van der Waals surface area contributed by atoms with Gasteiger partial charge in [-0.15, -0.1) is 0 Å². The molecular weight excluding hydrogens is 290 g/mol. The van der Waals surface area contributed by atoms with Gasteiger partial charge in [-0.25, -0.2) is 4.79 Å². The van der Waals surface area contributed by atoms with Gasteiger partial charge >= 0.3 is 6.09 Å². The van der Waals surface area contributed by atoms with Crippen LogP contribution < -0.4 is 10.6 Å². The molecule has 2 atom stereocenters. The third kappa shape index (κ3) is 6.68. The predicted octanol–water partition coefficient (Wildman–Crippen LogP) is 2.61. The van der Waals surface area contributed by atoms with Crippen molar-refractivity contribution in [2.75, 3.05) is 33.2 Å². The summed E-state index contributed by atoms with van der Waals surface area (Å²) < 4.78 is 5.32. The minimum Gasteiger partial charge on any atom is -0.444 e. The average molecular weight is 325 g/mol. The van der Waals surface area contributed by atoms with Gasteiger partial charge in [-0.3, -0.25) is 0 Å². The molecule has 2 unspecified atom stereocenters. The molecule has 1 saturated heterocycles. The fourth-order valence-corrected chi connectivity index (χ4v) is 3.66. The molecule has 0 aromatic heterocycles. The van der Waals surface area contributed by atoms with E-state index in [-0.39, 0.29) is 6.09 Å². The highest BCUT2D eigenvalue weighted by atomic mass is 16.6. The van der Waals surface area contributed by atoms with Gasteiger partial charge in [0.2, 0.25) is 0 Å². The standard InChI is InChI=1S/C18H35N3O2/c1-18(2,3)23-17(22)20-13-15-6-5-7-16(15)19-12-14-8-10-21(4)11-9-14/h14-16,19H,5-13H2,1-4H3,(H,20,22). The van der Waals surface area contributed by atoms with Crippen LogP contribution in [0.2, 0.25) is 0 Å². The van der Waals surface area contributed by atoms with E-state index >= 15 is 0 Å². The Bertz CT molecular complexity index is 373. The molecule has 1 aliphatic heterocycles. The third-order valence-electron chi connectivity index (χ3n) is 5.07. The fourth-order valence-electron chi connectivity index (χ4n) is 3.66. The van der Waals surface area contributed by atoms with Crippen LogP contribution in [0.15, 0.2) is 0 Å². The van der Waals surface area contributed by atoms with Crippen molar-refractivity contribution in [3.05, 3.63) is 0 Å². The van der Waals surface area contributed by atoms with Crippen molar-refractivity contribution in [1.82, 2.24) is 15.5 Å². The monoisotopic (exact) mass is 325 g/mol. The quantitative estimate of drug-likeness (QED) is 0.816. The predicted molar refractivity (Wildman–Crippen MR) is 93.6 cm³/mol. The Morgan fingerprint density at radius 3 is 2.48 bits per heavy atom. The lowest BCUT2D eigenvalue weighted by atomic mass is 9.96. The van der Waals surface area contributed by atoms with Crippen molar-refractivity contribution in [1.29, 1.82) is 0 Å². The first-order valence-corrected chi connectivity index (χ1v) is 9.22. The first kappa shape index (κ1) is 18.5. The van der Waals surface area contributed by atoms with E-state index in [0.717, 1.165) is 19.0 Å². The number of alkyl carbamates (subject to hydrolysis) is 1. The molecule has 2 N–H and O–H groups in total. The summed E-state index contributed by atoms with van der Waals surface area (Å²) in [6, 6.07) is 0.546. The van der Waals surface area contributed by atoms with Crippen LogP contribution in [-0.4, -0.2) is 55.9 Å². The summed E-state index contributed by atoms with van der Waals surface area (Å²) in [6.45, 7) is 9.99. The first-order valence-electron chi connectivity index (χ1n) is 9.22. The van der Waals surface area contributed by atoms with Gasteiger partial charge in [0.25, 0.3) is 0 Å². The maximum atomic E-state index is 11.8. The van der Waals surface area contributed by atoms with Crippen molar-refractivity contribution in [3.63, 3.8) is 0 Å². The van der Waals surface area contributed by atoms with Crippen LogP contribution in [-0.2, 0) is 4.74 Å². The molecule has 0 aromatic rings. The molecule has 1 amide bonds. The summed E-state index contributed by atoms with van der Waals surface area (Å²) in [6.07, 6.45) is 5.99. The second-order valence-electron chi connectivity index (χ2n) is 8.34. The summed E-state index contributed by atoms with van der Waals surface area (Å²) in [5.74, 6) is 1.35. The second kappa shape index (κ2) is 8.34. The molecule has 2 aliphatic rings. The van der Waals surface area contributed by atoms with Gasteiger partial charge in [-0.2, -0.15) is 0 Å².